The average Bonchev–Trinajstić information content (AvgIpc) is 3.07. The molecular weight excluding hydrogens is 256 g/mol. The Morgan fingerprint density at radius 1 is 1.33 bits per heavy atom. The monoisotopic (exact) mass is 280 g/mol. The molecule has 2 heteroatoms. The molecule has 0 aromatic heterocycles. The van der Waals surface area contributed by atoms with Crippen molar-refractivity contribution >= 4 is 5.69 Å². The maximum absolute atomic E-state index is 3.86. The zero-order valence-corrected chi connectivity index (χ0v) is 12.8. The summed E-state index contributed by atoms with van der Waals surface area (Å²) < 4.78 is 0. The van der Waals surface area contributed by atoms with Crippen molar-refractivity contribution in [1.82, 2.24) is 4.90 Å². The van der Waals surface area contributed by atoms with Crippen molar-refractivity contribution < 1.29 is 0 Å². The van der Waals surface area contributed by atoms with Crippen LogP contribution in [0, 0.1) is 5.92 Å². The van der Waals surface area contributed by atoms with E-state index in [-0.39, 0.29) is 0 Å². The summed E-state index contributed by atoms with van der Waals surface area (Å²) in [6, 6.07) is 10.4. The van der Waals surface area contributed by atoms with Crippen LogP contribution in [0.5, 0.6) is 0 Å². The Kier molecular flexibility index (Phi) is 2.42. The van der Waals surface area contributed by atoms with Gasteiger partial charge in [-0.1, -0.05) is 36.8 Å². The lowest BCUT2D eigenvalue weighted by Crippen LogP contribution is -2.55. The molecule has 2 fully saturated rings. The Labute approximate surface area is 127 Å². The molecule has 3 aliphatic heterocycles. The minimum atomic E-state index is 0.361. The van der Waals surface area contributed by atoms with Crippen molar-refractivity contribution in [1.29, 1.82) is 0 Å². The highest BCUT2D eigenvalue weighted by Crippen LogP contribution is 2.58. The molecule has 1 aromatic rings. The highest BCUT2D eigenvalue weighted by atomic mass is 15.2. The maximum Gasteiger partial charge on any atom is 0.0425 e. The van der Waals surface area contributed by atoms with Crippen molar-refractivity contribution in [3.8, 4) is 0 Å². The first-order chi connectivity index (χ1) is 10.3. The molecule has 1 spiro atoms. The van der Waals surface area contributed by atoms with E-state index in [4.69, 9.17) is 0 Å². The molecule has 1 saturated heterocycles. The number of hydrogen-bond acceptors (Lipinski definition) is 2. The van der Waals surface area contributed by atoms with Gasteiger partial charge in [-0.2, -0.15) is 0 Å². The lowest BCUT2D eigenvalue weighted by Gasteiger charge is -2.48. The molecule has 3 heterocycles. The molecular formula is C19H24N2. The molecule has 21 heavy (non-hydrogen) atoms. The normalized spacial score (nSPS) is 40.0. The molecule has 2 nitrogen and oxygen atoms in total. The van der Waals surface area contributed by atoms with Crippen LogP contribution in [-0.2, 0) is 5.41 Å². The Hall–Kier alpha value is -1.28. The van der Waals surface area contributed by atoms with Crippen molar-refractivity contribution in [3.63, 3.8) is 0 Å². The topological polar surface area (TPSA) is 15.3 Å². The van der Waals surface area contributed by atoms with Gasteiger partial charge >= 0.3 is 0 Å². The summed E-state index contributed by atoms with van der Waals surface area (Å²) in [5.74, 6) is 0.785. The van der Waals surface area contributed by atoms with Gasteiger partial charge in [0, 0.05) is 29.7 Å². The Morgan fingerprint density at radius 2 is 2.24 bits per heavy atom. The van der Waals surface area contributed by atoms with E-state index in [0.29, 0.717) is 17.5 Å². The van der Waals surface area contributed by atoms with E-state index in [1.54, 1.807) is 11.1 Å². The van der Waals surface area contributed by atoms with Crippen LogP contribution in [0.15, 0.2) is 35.9 Å². The molecule has 1 aromatic carbocycles. The second-order valence-electron chi connectivity index (χ2n) is 7.38. The summed E-state index contributed by atoms with van der Waals surface area (Å²) in [4.78, 5) is 2.80. The fourth-order valence-electron chi connectivity index (χ4n) is 5.70. The van der Waals surface area contributed by atoms with Gasteiger partial charge in [-0.15, -0.1) is 0 Å². The number of nitrogens with one attached hydrogen (secondary N) is 1. The molecule has 1 N–H and O–H groups in total. The number of benzene rings is 1. The molecule has 1 saturated carbocycles. The second kappa shape index (κ2) is 4.13. The van der Waals surface area contributed by atoms with E-state index in [0.717, 1.165) is 5.92 Å². The quantitative estimate of drug-likeness (QED) is 0.791. The third kappa shape index (κ3) is 1.42. The summed E-state index contributed by atoms with van der Waals surface area (Å²) in [6.07, 6.45) is 7.87. The summed E-state index contributed by atoms with van der Waals surface area (Å²) in [7, 11) is 0. The predicted molar refractivity (Wildman–Crippen MR) is 86.6 cm³/mol. The Morgan fingerprint density at radius 3 is 3.14 bits per heavy atom. The largest absolute Gasteiger partial charge is 0.381 e. The van der Waals surface area contributed by atoms with Crippen molar-refractivity contribution in [2.24, 2.45) is 5.92 Å². The Bertz CT molecular complexity index is 620. The molecule has 0 bridgehead atoms. The first kappa shape index (κ1) is 12.3. The second-order valence-corrected chi connectivity index (χ2v) is 7.38. The standard InChI is InChI=1S/C19H24N2/c1-2-13-11-14-7-8-17-19(9-10-21(12-13)18(14)19)15-5-3-4-6-16(15)20-17/h3-6,11,13,17-18,20H,2,7-10,12H2,1H3/t13-,17+,18+,19+/m0/s1. The molecule has 4 atom stereocenters. The van der Waals surface area contributed by atoms with Crippen LogP contribution in [0.2, 0.25) is 0 Å². The van der Waals surface area contributed by atoms with Crippen molar-refractivity contribution in [2.45, 2.75) is 50.1 Å². The highest BCUT2D eigenvalue weighted by molar-refractivity contribution is 5.65. The molecule has 110 valence electrons. The lowest BCUT2D eigenvalue weighted by molar-refractivity contribution is 0.167. The first-order valence-corrected chi connectivity index (χ1v) is 8.63. The minimum absolute atomic E-state index is 0.361. The van der Waals surface area contributed by atoms with Gasteiger partial charge in [-0.25, -0.2) is 0 Å². The van der Waals surface area contributed by atoms with Crippen LogP contribution < -0.4 is 5.32 Å². The number of para-hydroxylation sites is 1. The highest BCUT2D eigenvalue weighted by Gasteiger charge is 2.60. The zero-order valence-electron chi connectivity index (χ0n) is 12.8. The third-order valence-corrected chi connectivity index (χ3v) is 6.56. The van der Waals surface area contributed by atoms with Crippen LogP contribution in [-0.4, -0.2) is 30.1 Å². The minimum Gasteiger partial charge on any atom is -0.381 e. The summed E-state index contributed by atoms with van der Waals surface area (Å²) in [5, 5.41) is 3.86. The van der Waals surface area contributed by atoms with Gasteiger partial charge in [0.05, 0.1) is 0 Å². The number of nitrogens with zero attached hydrogens (tertiary/aromatic N) is 1. The number of rotatable bonds is 1. The van der Waals surface area contributed by atoms with Gasteiger partial charge in [-0.3, -0.25) is 4.90 Å². The van der Waals surface area contributed by atoms with E-state index in [1.807, 2.05) is 0 Å². The van der Waals surface area contributed by atoms with Gasteiger partial charge < -0.3 is 5.32 Å². The number of fused-ring (bicyclic) bond motifs is 1. The van der Waals surface area contributed by atoms with Crippen LogP contribution in [0.1, 0.15) is 38.2 Å². The van der Waals surface area contributed by atoms with E-state index < -0.39 is 0 Å². The van der Waals surface area contributed by atoms with E-state index in [1.165, 1.54) is 44.5 Å². The van der Waals surface area contributed by atoms with Gasteiger partial charge in [0.25, 0.3) is 0 Å². The van der Waals surface area contributed by atoms with Gasteiger partial charge in [0.1, 0.15) is 0 Å². The fraction of sp³-hybridized carbons (Fsp3) is 0.579. The van der Waals surface area contributed by atoms with E-state index in [2.05, 4.69) is 47.5 Å². The lowest BCUT2D eigenvalue weighted by atomic mass is 9.62. The van der Waals surface area contributed by atoms with Gasteiger partial charge in [0.2, 0.25) is 0 Å². The molecule has 5 rings (SSSR count). The zero-order chi connectivity index (χ0) is 14.0. The molecule has 1 aliphatic carbocycles. The smallest absolute Gasteiger partial charge is 0.0425 e. The van der Waals surface area contributed by atoms with Gasteiger partial charge in [0.15, 0.2) is 0 Å². The SMILES string of the molecule is CC[C@H]1C=C2CC[C@H]3Nc4ccccc4[C@]34CCN(C1)[C@H]24. The van der Waals surface area contributed by atoms with Crippen molar-refractivity contribution in [2.75, 3.05) is 18.4 Å². The van der Waals surface area contributed by atoms with E-state index in [9.17, 15) is 0 Å². The summed E-state index contributed by atoms with van der Waals surface area (Å²) in [6.45, 7) is 4.90. The number of anilines is 1. The predicted octanol–water partition coefficient (Wildman–Crippen LogP) is 3.55. The maximum atomic E-state index is 3.86. The Balaban J connectivity index is 1.68. The third-order valence-electron chi connectivity index (χ3n) is 6.56. The molecule has 0 radical (unpaired) electrons. The molecule has 0 amide bonds. The van der Waals surface area contributed by atoms with E-state index >= 15 is 0 Å². The van der Waals surface area contributed by atoms with Crippen LogP contribution in [0.4, 0.5) is 5.69 Å². The molecule has 0 unspecified atom stereocenters. The molecule has 4 aliphatic rings. The summed E-state index contributed by atoms with van der Waals surface area (Å²) in [5.41, 5.74) is 5.12. The number of hydrogen-bond donors (Lipinski definition) is 1. The first-order valence-electron chi connectivity index (χ1n) is 8.63. The summed E-state index contributed by atoms with van der Waals surface area (Å²) >= 11 is 0. The van der Waals surface area contributed by atoms with Gasteiger partial charge in [-0.05, 0) is 49.8 Å². The van der Waals surface area contributed by atoms with Crippen LogP contribution in [0.25, 0.3) is 0 Å². The van der Waals surface area contributed by atoms with Crippen LogP contribution in [0.3, 0.4) is 0 Å². The van der Waals surface area contributed by atoms with Crippen molar-refractivity contribution in [3.05, 3.63) is 41.5 Å². The van der Waals surface area contributed by atoms with Crippen LogP contribution >= 0.6 is 0 Å². The average molecular weight is 280 g/mol. The fourth-order valence-corrected chi connectivity index (χ4v) is 5.70.